The molecule has 1 aliphatic heterocycles. The van der Waals surface area contributed by atoms with E-state index < -0.39 is 10.0 Å². The molecule has 1 fully saturated rings. The van der Waals surface area contributed by atoms with E-state index in [1.165, 1.54) is 0 Å². The number of amides is 1. The van der Waals surface area contributed by atoms with E-state index in [-0.39, 0.29) is 16.8 Å². The maximum absolute atomic E-state index is 13.0. The molecule has 0 bridgehead atoms. The Bertz CT molecular complexity index is 962. The van der Waals surface area contributed by atoms with Crippen LogP contribution in [0.5, 0.6) is 0 Å². The van der Waals surface area contributed by atoms with Gasteiger partial charge in [-0.1, -0.05) is 6.92 Å². The van der Waals surface area contributed by atoms with Crippen LogP contribution in [-0.4, -0.2) is 43.4 Å². The minimum Gasteiger partial charge on any atom is -0.353 e. The molecule has 158 valence electrons. The largest absolute Gasteiger partial charge is 0.353 e. The fraction of sp³-hybridized carbons (Fsp3) is 0.476. The average Bonchev–Trinajstić information content (AvgIpc) is 3.34. The Hall–Kier alpha value is -2.16. The first-order valence-corrected chi connectivity index (χ1v) is 11.6. The van der Waals surface area contributed by atoms with Crippen LogP contribution < -0.4 is 10.0 Å². The first-order chi connectivity index (χ1) is 13.8. The van der Waals surface area contributed by atoms with Gasteiger partial charge in [0.15, 0.2) is 0 Å². The highest BCUT2D eigenvalue weighted by molar-refractivity contribution is 7.89. The van der Waals surface area contributed by atoms with Crippen LogP contribution in [0.25, 0.3) is 0 Å². The van der Waals surface area contributed by atoms with Gasteiger partial charge in [0.05, 0.1) is 10.9 Å². The number of aryl methyl sites for hydroxylation is 2. The van der Waals surface area contributed by atoms with E-state index in [0.717, 1.165) is 31.6 Å². The summed E-state index contributed by atoms with van der Waals surface area (Å²) in [6.45, 7) is 5.78. The summed E-state index contributed by atoms with van der Waals surface area (Å²) in [5.41, 5.74) is 2.30. The van der Waals surface area contributed by atoms with E-state index in [1.807, 2.05) is 29.9 Å². The van der Waals surface area contributed by atoms with E-state index in [1.54, 1.807) is 32.0 Å². The first kappa shape index (κ1) is 21.5. The van der Waals surface area contributed by atoms with E-state index in [0.29, 0.717) is 24.2 Å². The molecular formula is C21H30N4O3S. The number of carbonyl (C=O) groups is 1. The molecule has 1 aromatic carbocycles. The summed E-state index contributed by atoms with van der Waals surface area (Å²) in [6, 6.07) is 8.90. The Morgan fingerprint density at radius 2 is 1.93 bits per heavy atom. The van der Waals surface area contributed by atoms with Gasteiger partial charge in [-0.25, -0.2) is 13.1 Å². The lowest BCUT2D eigenvalue weighted by Gasteiger charge is -2.28. The number of anilines is 1. The number of carbonyl (C=O) groups excluding carboxylic acids is 1. The van der Waals surface area contributed by atoms with Crippen molar-refractivity contribution in [1.82, 2.24) is 14.2 Å². The van der Waals surface area contributed by atoms with Gasteiger partial charge in [0, 0.05) is 37.6 Å². The number of nitrogens with one attached hydrogen (secondary N) is 2. The van der Waals surface area contributed by atoms with Crippen LogP contribution in [0.3, 0.4) is 0 Å². The molecule has 2 heterocycles. The van der Waals surface area contributed by atoms with Crippen molar-refractivity contribution in [3.8, 4) is 0 Å². The minimum atomic E-state index is -3.67. The number of nitrogens with zero attached hydrogens (tertiary/aromatic N) is 2. The van der Waals surface area contributed by atoms with Crippen molar-refractivity contribution in [2.45, 2.75) is 44.0 Å². The molecule has 2 aromatic rings. The molecule has 1 unspecified atom stereocenters. The van der Waals surface area contributed by atoms with Gasteiger partial charge in [0.1, 0.15) is 0 Å². The lowest BCUT2D eigenvalue weighted by Crippen LogP contribution is -2.37. The maximum Gasteiger partial charge on any atom is 0.240 e. The highest BCUT2D eigenvalue weighted by Crippen LogP contribution is 2.26. The number of hydrogen-bond donors (Lipinski definition) is 2. The number of likely N-dealkylation sites (tertiary alicyclic amines) is 1. The van der Waals surface area contributed by atoms with Crippen LogP contribution in [0, 0.1) is 6.92 Å². The minimum absolute atomic E-state index is 0.00398. The molecule has 1 aromatic heterocycles. The summed E-state index contributed by atoms with van der Waals surface area (Å²) >= 11 is 0. The Morgan fingerprint density at radius 1 is 1.21 bits per heavy atom. The maximum atomic E-state index is 13.0. The first-order valence-electron chi connectivity index (χ1n) is 10.1. The second-order valence-electron chi connectivity index (χ2n) is 7.54. The van der Waals surface area contributed by atoms with Crippen molar-refractivity contribution < 1.29 is 13.2 Å². The van der Waals surface area contributed by atoms with Crippen LogP contribution in [0.15, 0.2) is 41.4 Å². The Labute approximate surface area is 173 Å². The number of rotatable bonds is 8. The highest BCUT2D eigenvalue weighted by Gasteiger charge is 2.27. The molecule has 29 heavy (non-hydrogen) atoms. The molecule has 7 nitrogen and oxygen atoms in total. The Kier molecular flexibility index (Phi) is 6.77. The van der Waals surface area contributed by atoms with Gasteiger partial charge >= 0.3 is 0 Å². The molecule has 0 aliphatic carbocycles. The van der Waals surface area contributed by atoms with Crippen molar-refractivity contribution in [2.24, 2.45) is 7.05 Å². The second-order valence-corrected chi connectivity index (χ2v) is 9.27. The molecule has 1 amide bonds. The van der Waals surface area contributed by atoms with Gasteiger partial charge < -0.3 is 9.88 Å². The third kappa shape index (κ3) is 5.07. The zero-order valence-corrected chi connectivity index (χ0v) is 18.1. The van der Waals surface area contributed by atoms with Crippen LogP contribution in [0.4, 0.5) is 5.69 Å². The van der Waals surface area contributed by atoms with E-state index in [9.17, 15) is 13.2 Å². The molecule has 8 heteroatoms. The lowest BCUT2D eigenvalue weighted by molar-refractivity contribution is -0.115. The zero-order chi connectivity index (χ0) is 21.0. The SMILES string of the molecule is CCC(=O)Nc1ccc(S(=O)(=O)NCC(c2cccn2C)N2CCCC2)c(C)c1. The Balaban J connectivity index is 1.77. The van der Waals surface area contributed by atoms with Crippen molar-refractivity contribution in [2.75, 3.05) is 25.0 Å². The van der Waals surface area contributed by atoms with Crippen molar-refractivity contribution in [3.05, 3.63) is 47.8 Å². The monoisotopic (exact) mass is 418 g/mol. The smallest absolute Gasteiger partial charge is 0.240 e. The van der Waals surface area contributed by atoms with Gasteiger partial charge in [-0.3, -0.25) is 9.69 Å². The molecule has 0 saturated carbocycles. The molecule has 1 aliphatic rings. The normalized spacial score (nSPS) is 16.1. The fourth-order valence-electron chi connectivity index (χ4n) is 3.84. The number of sulfonamides is 1. The summed E-state index contributed by atoms with van der Waals surface area (Å²) in [7, 11) is -1.68. The fourth-order valence-corrected chi connectivity index (χ4v) is 5.10. The van der Waals surface area contributed by atoms with Crippen LogP contribution in [0.1, 0.15) is 43.5 Å². The van der Waals surface area contributed by atoms with Gasteiger partial charge in [-0.15, -0.1) is 0 Å². The lowest BCUT2D eigenvalue weighted by atomic mass is 10.2. The van der Waals surface area contributed by atoms with Crippen LogP contribution >= 0.6 is 0 Å². The van der Waals surface area contributed by atoms with Gasteiger partial charge in [-0.05, 0) is 68.8 Å². The Morgan fingerprint density at radius 3 is 2.52 bits per heavy atom. The number of benzene rings is 1. The molecule has 0 spiro atoms. The topological polar surface area (TPSA) is 83.4 Å². The van der Waals surface area contributed by atoms with E-state index >= 15 is 0 Å². The molecule has 2 N–H and O–H groups in total. The van der Waals surface area contributed by atoms with Crippen molar-refractivity contribution in [1.29, 1.82) is 0 Å². The van der Waals surface area contributed by atoms with Gasteiger partial charge in [-0.2, -0.15) is 0 Å². The molecular weight excluding hydrogens is 388 g/mol. The number of hydrogen-bond acceptors (Lipinski definition) is 4. The predicted octanol–water partition coefficient (Wildman–Crippen LogP) is 2.80. The van der Waals surface area contributed by atoms with Gasteiger partial charge in [0.25, 0.3) is 0 Å². The third-order valence-electron chi connectivity index (χ3n) is 5.44. The average molecular weight is 419 g/mol. The second kappa shape index (κ2) is 9.11. The van der Waals surface area contributed by atoms with Crippen LogP contribution in [0.2, 0.25) is 0 Å². The summed E-state index contributed by atoms with van der Waals surface area (Å²) in [5, 5.41) is 2.76. The quantitative estimate of drug-likeness (QED) is 0.691. The third-order valence-corrected chi connectivity index (χ3v) is 7.03. The van der Waals surface area contributed by atoms with Crippen molar-refractivity contribution in [3.63, 3.8) is 0 Å². The standard InChI is InChI=1S/C21H30N4O3S/c1-4-21(26)23-17-9-10-20(16(2)14-17)29(27,28)22-15-19(25-12-5-6-13-25)18-8-7-11-24(18)3/h7-11,14,19,22H,4-6,12-13,15H2,1-3H3,(H,23,26). The summed E-state index contributed by atoms with van der Waals surface area (Å²) < 4.78 is 30.8. The zero-order valence-electron chi connectivity index (χ0n) is 17.3. The van der Waals surface area contributed by atoms with Crippen molar-refractivity contribution >= 4 is 21.6 Å². The molecule has 1 saturated heterocycles. The molecule has 3 rings (SSSR count). The summed E-state index contributed by atoms with van der Waals surface area (Å²) in [5.74, 6) is -0.103. The predicted molar refractivity (Wildman–Crippen MR) is 114 cm³/mol. The van der Waals surface area contributed by atoms with Gasteiger partial charge in [0.2, 0.25) is 15.9 Å². The van der Waals surface area contributed by atoms with E-state index in [4.69, 9.17) is 0 Å². The number of aromatic nitrogens is 1. The highest BCUT2D eigenvalue weighted by atomic mass is 32.2. The molecule has 0 radical (unpaired) electrons. The van der Waals surface area contributed by atoms with E-state index in [2.05, 4.69) is 14.9 Å². The molecule has 1 atom stereocenters. The summed E-state index contributed by atoms with van der Waals surface area (Å²) in [4.78, 5) is 14.1. The van der Waals surface area contributed by atoms with Crippen LogP contribution in [-0.2, 0) is 21.9 Å². The summed E-state index contributed by atoms with van der Waals surface area (Å²) in [6.07, 6.45) is 4.63.